The van der Waals surface area contributed by atoms with Crippen LogP contribution in [0.4, 0.5) is 0 Å². The van der Waals surface area contributed by atoms with Crippen LogP contribution in [0.5, 0.6) is 0 Å². The fourth-order valence-electron chi connectivity index (χ4n) is 7.02. The average molecular weight is 415 g/mol. The molecule has 3 aliphatic carbocycles. The lowest BCUT2D eigenvalue weighted by molar-refractivity contribution is -0.120. The second kappa shape index (κ2) is 6.01. The number of benzene rings is 3. The number of rotatable bonds is 1. The van der Waals surface area contributed by atoms with Gasteiger partial charge in [0.25, 0.3) is 0 Å². The van der Waals surface area contributed by atoms with Crippen LogP contribution >= 0.6 is 0 Å². The van der Waals surface area contributed by atoms with Gasteiger partial charge in [0.05, 0.1) is 11.2 Å². The van der Waals surface area contributed by atoms with Crippen molar-refractivity contribution < 1.29 is 9.59 Å². The molecule has 3 heteroatoms. The molecule has 154 valence electrons. The first-order valence-electron chi connectivity index (χ1n) is 11.2. The van der Waals surface area contributed by atoms with Crippen molar-refractivity contribution >= 4 is 22.5 Å². The van der Waals surface area contributed by atoms with Gasteiger partial charge in [-0.3, -0.25) is 9.59 Å². The Morgan fingerprint density at radius 1 is 0.656 bits per heavy atom. The first kappa shape index (κ1) is 18.0. The maximum absolute atomic E-state index is 13.1. The van der Waals surface area contributed by atoms with Crippen LogP contribution in [0.25, 0.3) is 33.3 Å². The number of hydrogen-bond donors (Lipinski definition) is 0. The summed E-state index contributed by atoms with van der Waals surface area (Å²) in [5.74, 6) is 0.514. The molecule has 0 aliphatic heterocycles. The number of pyridine rings is 1. The number of nitrogens with zero attached hydrogens (tertiary/aromatic N) is 1. The Kier molecular flexibility index (Phi) is 3.38. The largest absolute Gasteiger partial charge is 0.300 e. The van der Waals surface area contributed by atoms with E-state index in [1.807, 2.05) is 30.3 Å². The smallest absolute Gasteiger partial charge is 0.134 e. The minimum absolute atomic E-state index is 0.257. The zero-order chi connectivity index (χ0) is 21.5. The maximum atomic E-state index is 13.1. The first-order chi connectivity index (χ1) is 15.6. The number of aromatic nitrogens is 1. The second-order valence-electron chi connectivity index (χ2n) is 9.59. The van der Waals surface area contributed by atoms with Gasteiger partial charge in [-0.2, -0.15) is 0 Å². The van der Waals surface area contributed by atoms with Gasteiger partial charge in [-0.25, -0.2) is 4.98 Å². The van der Waals surface area contributed by atoms with Crippen LogP contribution < -0.4 is 0 Å². The molecule has 32 heavy (non-hydrogen) atoms. The van der Waals surface area contributed by atoms with Gasteiger partial charge in [0.2, 0.25) is 0 Å². The Labute approximate surface area is 186 Å². The monoisotopic (exact) mass is 415 g/mol. The molecule has 3 aromatic carbocycles. The SMILES string of the molecule is O=C1CC23CC(=O)CC2(C1)c1c(nc2ccccc2c1-c1ccccc1)-c1ccccc13. The molecule has 0 radical (unpaired) electrons. The van der Waals surface area contributed by atoms with Crippen LogP contribution in [0.15, 0.2) is 78.9 Å². The molecule has 0 spiro atoms. The summed E-state index contributed by atoms with van der Waals surface area (Å²) in [5.41, 5.74) is 6.47. The number of hydrogen-bond acceptors (Lipinski definition) is 3. The van der Waals surface area contributed by atoms with Crippen molar-refractivity contribution in [3.63, 3.8) is 0 Å². The average Bonchev–Trinajstić information content (AvgIpc) is 3.26. The van der Waals surface area contributed by atoms with Gasteiger partial charge in [0, 0.05) is 47.5 Å². The fourth-order valence-corrected chi connectivity index (χ4v) is 7.02. The van der Waals surface area contributed by atoms with Gasteiger partial charge < -0.3 is 0 Å². The highest BCUT2D eigenvalue weighted by atomic mass is 16.1. The van der Waals surface area contributed by atoms with Gasteiger partial charge in [-0.15, -0.1) is 0 Å². The van der Waals surface area contributed by atoms with Crippen molar-refractivity contribution in [2.45, 2.75) is 36.5 Å². The Hall–Kier alpha value is -3.59. The normalized spacial score (nSPS) is 25.4. The third kappa shape index (κ3) is 2.04. The van der Waals surface area contributed by atoms with E-state index in [1.54, 1.807) is 0 Å². The zero-order valence-electron chi connectivity index (χ0n) is 17.6. The molecule has 1 aromatic heterocycles. The molecule has 4 aromatic rings. The Morgan fingerprint density at radius 3 is 2.06 bits per heavy atom. The molecule has 3 nitrogen and oxygen atoms in total. The number of para-hydroxylation sites is 1. The van der Waals surface area contributed by atoms with Crippen molar-refractivity contribution in [1.29, 1.82) is 0 Å². The summed E-state index contributed by atoms with van der Waals surface area (Å²) in [6.07, 6.45) is 1.71. The van der Waals surface area contributed by atoms with Gasteiger partial charge in [-0.1, -0.05) is 72.8 Å². The summed E-state index contributed by atoms with van der Waals surface area (Å²) in [6, 6.07) is 27.0. The first-order valence-corrected chi connectivity index (χ1v) is 11.2. The van der Waals surface area contributed by atoms with E-state index in [2.05, 4.69) is 48.5 Å². The van der Waals surface area contributed by atoms with Crippen molar-refractivity contribution in [1.82, 2.24) is 4.98 Å². The summed E-state index contributed by atoms with van der Waals surface area (Å²) < 4.78 is 0. The second-order valence-corrected chi connectivity index (χ2v) is 9.59. The molecule has 3 aliphatic rings. The van der Waals surface area contributed by atoms with Crippen LogP contribution in [0.1, 0.15) is 36.8 Å². The number of fused-ring (bicyclic) bond motifs is 4. The van der Waals surface area contributed by atoms with E-state index in [-0.39, 0.29) is 11.6 Å². The lowest BCUT2D eigenvalue weighted by Crippen LogP contribution is -2.44. The Balaban J connectivity index is 1.73. The van der Waals surface area contributed by atoms with E-state index in [0.29, 0.717) is 25.7 Å². The van der Waals surface area contributed by atoms with Gasteiger partial charge in [-0.05, 0) is 28.3 Å². The van der Waals surface area contributed by atoms with Crippen molar-refractivity contribution in [2.75, 3.05) is 0 Å². The van der Waals surface area contributed by atoms with Crippen molar-refractivity contribution in [2.24, 2.45) is 0 Å². The molecule has 2 fully saturated rings. The minimum Gasteiger partial charge on any atom is -0.300 e. The Bertz CT molecular complexity index is 1450. The summed E-state index contributed by atoms with van der Waals surface area (Å²) in [4.78, 5) is 31.4. The maximum Gasteiger partial charge on any atom is 0.134 e. The lowest BCUT2D eigenvalue weighted by atomic mass is 9.55. The lowest BCUT2D eigenvalue weighted by Gasteiger charge is -2.46. The molecule has 0 atom stereocenters. The highest BCUT2D eigenvalue weighted by Gasteiger charge is 2.68. The highest BCUT2D eigenvalue weighted by Crippen LogP contribution is 2.68. The van der Waals surface area contributed by atoms with E-state index in [9.17, 15) is 9.59 Å². The van der Waals surface area contributed by atoms with Crippen LogP contribution in [0, 0.1) is 0 Å². The number of carbonyl (C=O) groups is 2. The topological polar surface area (TPSA) is 47.0 Å². The molecule has 2 saturated carbocycles. The minimum atomic E-state index is -0.521. The highest BCUT2D eigenvalue weighted by molar-refractivity contribution is 6.06. The fraction of sp³-hybridized carbons (Fsp3) is 0.207. The van der Waals surface area contributed by atoms with Crippen molar-refractivity contribution in [3.8, 4) is 22.4 Å². The van der Waals surface area contributed by atoms with E-state index in [0.717, 1.165) is 44.4 Å². The summed E-state index contributed by atoms with van der Waals surface area (Å²) >= 11 is 0. The van der Waals surface area contributed by atoms with Crippen LogP contribution in [-0.4, -0.2) is 16.6 Å². The molecule has 0 N–H and O–H groups in total. The summed E-state index contributed by atoms with van der Waals surface area (Å²) in [5, 5.41) is 1.08. The van der Waals surface area contributed by atoms with Gasteiger partial charge >= 0.3 is 0 Å². The molecule has 1 heterocycles. The number of carbonyl (C=O) groups excluding carboxylic acids is 2. The molecule has 0 saturated heterocycles. The molecule has 0 amide bonds. The zero-order valence-corrected chi connectivity index (χ0v) is 17.6. The molecule has 7 rings (SSSR count). The van der Waals surface area contributed by atoms with Crippen LogP contribution in [0.3, 0.4) is 0 Å². The summed E-state index contributed by atoms with van der Waals surface area (Å²) in [7, 11) is 0. The van der Waals surface area contributed by atoms with E-state index in [4.69, 9.17) is 4.98 Å². The van der Waals surface area contributed by atoms with Crippen molar-refractivity contribution in [3.05, 3.63) is 90.0 Å². The van der Waals surface area contributed by atoms with Crippen LogP contribution in [-0.2, 0) is 20.4 Å². The number of ketones is 2. The molecule has 0 unspecified atom stereocenters. The quantitative estimate of drug-likeness (QED) is 0.396. The van der Waals surface area contributed by atoms with Gasteiger partial charge in [0.15, 0.2) is 0 Å². The Morgan fingerprint density at radius 2 is 1.28 bits per heavy atom. The molecular formula is C29H21NO2. The predicted octanol–water partition coefficient (Wildman–Crippen LogP) is 5.78. The van der Waals surface area contributed by atoms with E-state index < -0.39 is 10.8 Å². The number of Topliss-reactive ketones (excluding diaryl/α,β-unsaturated/α-hetero) is 2. The van der Waals surface area contributed by atoms with E-state index in [1.165, 1.54) is 0 Å². The van der Waals surface area contributed by atoms with Crippen LogP contribution in [0.2, 0.25) is 0 Å². The third-order valence-corrected chi connectivity index (χ3v) is 8.04. The third-order valence-electron chi connectivity index (χ3n) is 8.04. The van der Waals surface area contributed by atoms with Gasteiger partial charge in [0.1, 0.15) is 11.6 Å². The summed E-state index contributed by atoms with van der Waals surface area (Å²) in [6.45, 7) is 0. The standard InChI is InChI=1S/C29H21NO2/c31-19-14-28-15-20(32)17-29(28,16-19)26-25(18-8-2-1-3-9-18)22-11-5-7-13-24(22)30-27(26)21-10-4-6-12-23(21)28/h1-13H,14-17H2. The predicted molar refractivity (Wildman–Crippen MR) is 124 cm³/mol. The molecule has 0 bridgehead atoms. The molecular weight excluding hydrogens is 394 g/mol. The van der Waals surface area contributed by atoms with E-state index >= 15 is 0 Å².